The molecule has 27 heavy (non-hydrogen) atoms. The minimum atomic E-state index is -0.0434. The highest BCUT2D eigenvalue weighted by Crippen LogP contribution is 2.32. The molecule has 0 spiro atoms. The van der Waals surface area contributed by atoms with E-state index in [9.17, 15) is 0 Å². The molecule has 2 heterocycles. The van der Waals surface area contributed by atoms with E-state index in [4.69, 9.17) is 16.6 Å². The van der Waals surface area contributed by atoms with Crippen LogP contribution in [0.5, 0.6) is 0 Å². The number of ether oxygens (including phenoxy) is 1. The smallest absolute Gasteiger partial charge is 0.265 e. The van der Waals surface area contributed by atoms with Crippen LogP contribution in [0.25, 0.3) is 10.9 Å². The van der Waals surface area contributed by atoms with Crippen LogP contribution in [-0.4, -0.2) is 19.7 Å². The third kappa shape index (κ3) is 4.07. The monoisotopic (exact) mass is 359 g/mol. The predicted molar refractivity (Wildman–Crippen MR) is 109 cm³/mol. The molecule has 0 N–H and O–H groups in total. The molecule has 0 aliphatic carbocycles. The van der Waals surface area contributed by atoms with Crippen LogP contribution in [-0.2, 0) is 17.6 Å². The summed E-state index contributed by atoms with van der Waals surface area (Å²) in [5.41, 5.74) is 6.26. The number of nitrogens with zero attached hydrogens (tertiary/aromatic N) is 3. The number of nitriles is 1. The van der Waals surface area contributed by atoms with Crippen LogP contribution >= 0.6 is 0 Å². The van der Waals surface area contributed by atoms with E-state index in [1.807, 2.05) is 25.1 Å². The molecule has 4 nitrogen and oxygen atoms in total. The van der Waals surface area contributed by atoms with Crippen molar-refractivity contribution in [1.29, 1.82) is 5.26 Å². The number of benzene rings is 1. The summed E-state index contributed by atoms with van der Waals surface area (Å²) >= 11 is 0. The topological polar surface area (TPSA) is 40.6 Å². The van der Waals surface area contributed by atoms with Gasteiger partial charge in [-0.3, -0.25) is 0 Å². The number of hydrogen-bond acceptors (Lipinski definition) is 3. The van der Waals surface area contributed by atoms with Gasteiger partial charge in [-0.2, -0.15) is 0 Å². The van der Waals surface area contributed by atoms with Crippen LogP contribution in [0.3, 0.4) is 0 Å². The number of anilines is 1. The number of hydrogen-bond donors (Lipinski definition) is 0. The van der Waals surface area contributed by atoms with Gasteiger partial charge < -0.3 is 9.64 Å². The summed E-state index contributed by atoms with van der Waals surface area (Å²) in [6.45, 7) is 12.4. The second kappa shape index (κ2) is 8.14. The van der Waals surface area contributed by atoms with Crippen molar-refractivity contribution < 1.29 is 4.74 Å². The van der Waals surface area contributed by atoms with Gasteiger partial charge in [-0.1, -0.05) is 13.0 Å². The maximum Gasteiger partial charge on any atom is 0.265 e. The van der Waals surface area contributed by atoms with E-state index in [0.717, 1.165) is 25.0 Å². The summed E-state index contributed by atoms with van der Waals surface area (Å²) in [5.74, 6) is 0.702. The molecule has 3 rings (SSSR count). The van der Waals surface area contributed by atoms with Crippen LogP contribution in [0, 0.1) is 17.9 Å². The molecule has 0 aromatic heterocycles. The van der Waals surface area contributed by atoms with Gasteiger partial charge in [0.25, 0.3) is 5.70 Å². The van der Waals surface area contributed by atoms with Gasteiger partial charge >= 0.3 is 0 Å². The molecule has 138 valence electrons. The van der Waals surface area contributed by atoms with Crippen LogP contribution in [0.2, 0.25) is 0 Å². The van der Waals surface area contributed by atoms with Gasteiger partial charge in [0, 0.05) is 25.7 Å². The van der Waals surface area contributed by atoms with Crippen molar-refractivity contribution in [2.75, 3.05) is 18.5 Å². The third-order valence-corrected chi connectivity index (χ3v) is 5.12. The van der Waals surface area contributed by atoms with Crippen LogP contribution in [0.4, 0.5) is 5.69 Å². The molecule has 0 saturated carbocycles. The molecule has 1 unspecified atom stereocenters. The summed E-state index contributed by atoms with van der Waals surface area (Å²) in [6, 6.07) is 6.50. The second-order valence-corrected chi connectivity index (χ2v) is 7.18. The molecule has 0 amide bonds. The predicted octanol–water partition coefficient (Wildman–Crippen LogP) is 5.03. The Labute approximate surface area is 161 Å². The lowest BCUT2D eigenvalue weighted by atomic mass is 9.94. The fourth-order valence-electron chi connectivity index (χ4n) is 3.90. The maximum atomic E-state index is 9.14. The van der Waals surface area contributed by atoms with Gasteiger partial charge in [-0.25, -0.2) is 10.1 Å². The van der Waals surface area contributed by atoms with E-state index in [1.54, 1.807) is 0 Å². The van der Waals surface area contributed by atoms with Gasteiger partial charge in [-0.05, 0) is 72.7 Å². The van der Waals surface area contributed by atoms with Gasteiger partial charge in [0.1, 0.15) is 5.76 Å². The molecule has 0 saturated heterocycles. The molecule has 0 fully saturated rings. The van der Waals surface area contributed by atoms with Crippen molar-refractivity contribution in [2.24, 2.45) is 0 Å². The Hall–Kier alpha value is -2.98. The quantitative estimate of drug-likeness (QED) is 0.561. The standard InChI is InChI=1S/C23H25N3O/c1-5-18-12-17(13-19-7-6-10-26(4)23(18)19)8-9-21-14-20(11-16(2)27-21)22(15-24)25-3/h8-9,12-14,16H,5-7,10-11H2,1-2,4H3/b9-8+,22-20-. The largest absolute Gasteiger partial charge is 0.490 e. The third-order valence-electron chi connectivity index (χ3n) is 5.12. The Morgan fingerprint density at radius 3 is 2.96 bits per heavy atom. The van der Waals surface area contributed by atoms with Crippen LogP contribution < -0.4 is 4.90 Å². The van der Waals surface area contributed by atoms with Gasteiger partial charge in [0.05, 0.1) is 18.7 Å². The van der Waals surface area contributed by atoms with Gasteiger partial charge in [0.2, 0.25) is 0 Å². The molecule has 1 aromatic rings. The van der Waals surface area contributed by atoms with Gasteiger partial charge in [0.15, 0.2) is 0 Å². The van der Waals surface area contributed by atoms with Crippen molar-refractivity contribution in [3.05, 3.63) is 69.4 Å². The van der Waals surface area contributed by atoms with Crippen LogP contribution in [0.15, 0.2) is 41.3 Å². The number of fused-ring (bicyclic) bond motifs is 1. The summed E-state index contributed by atoms with van der Waals surface area (Å²) < 4.78 is 5.88. The highest BCUT2D eigenvalue weighted by molar-refractivity contribution is 5.67. The Morgan fingerprint density at radius 2 is 2.26 bits per heavy atom. The van der Waals surface area contributed by atoms with Crippen molar-refractivity contribution in [3.8, 4) is 6.07 Å². The lowest BCUT2D eigenvalue weighted by Crippen LogP contribution is -2.26. The Bertz CT molecular complexity index is 876. The second-order valence-electron chi connectivity index (χ2n) is 7.18. The molecule has 2 aliphatic heterocycles. The fraction of sp³-hybridized carbons (Fsp3) is 0.391. The van der Waals surface area contributed by atoms with E-state index in [1.165, 1.54) is 28.8 Å². The zero-order valence-corrected chi connectivity index (χ0v) is 16.2. The zero-order valence-electron chi connectivity index (χ0n) is 16.2. The van der Waals surface area contributed by atoms with E-state index in [2.05, 4.69) is 41.9 Å². The molecule has 0 radical (unpaired) electrons. The molecule has 1 atom stereocenters. The van der Waals surface area contributed by atoms with E-state index in [-0.39, 0.29) is 11.8 Å². The average Bonchev–Trinajstić information content (AvgIpc) is 2.66. The number of allylic oxidation sites excluding steroid dienone is 3. The highest BCUT2D eigenvalue weighted by Gasteiger charge is 2.19. The number of rotatable bonds is 3. The average molecular weight is 359 g/mol. The molecular formula is C23H25N3O. The first-order valence-electron chi connectivity index (χ1n) is 9.49. The molecule has 2 aliphatic rings. The number of aryl methyl sites for hydroxylation is 2. The minimum absolute atomic E-state index is 0.0434. The van der Waals surface area contributed by atoms with E-state index in [0.29, 0.717) is 12.2 Å². The Balaban J connectivity index is 1.93. The van der Waals surface area contributed by atoms with Gasteiger partial charge in [-0.15, -0.1) is 0 Å². The summed E-state index contributed by atoms with van der Waals surface area (Å²) in [6.07, 6.45) is 9.70. The molecule has 0 bridgehead atoms. The first kappa shape index (κ1) is 18.8. The SMILES string of the molecule is [C-]#[N+]/C(C#N)=C1C=C(/C=C/c2cc(CC)c3c(c2)CCCN3C)OC(C)C\1. The van der Waals surface area contributed by atoms with E-state index < -0.39 is 0 Å². The van der Waals surface area contributed by atoms with Crippen molar-refractivity contribution in [3.63, 3.8) is 0 Å². The lowest BCUT2D eigenvalue weighted by molar-refractivity contribution is 0.133. The molecule has 1 aromatic carbocycles. The zero-order chi connectivity index (χ0) is 19.4. The minimum Gasteiger partial charge on any atom is -0.490 e. The summed E-state index contributed by atoms with van der Waals surface area (Å²) in [5, 5.41) is 9.14. The first-order valence-corrected chi connectivity index (χ1v) is 9.49. The first-order chi connectivity index (χ1) is 13.0. The Kier molecular flexibility index (Phi) is 5.67. The van der Waals surface area contributed by atoms with E-state index >= 15 is 0 Å². The maximum absolute atomic E-state index is 9.14. The summed E-state index contributed by atoms with van der Waals surface area (Å²) in [4.78, 5) is 5.70. The lowest BCUT2D eigenvalue weighted by Gasteiger charge is -2.30. The summed E-state index contributed by atoms with van der Waals surface area (Å²) in [7, 11) is 2.17. The normalized spacial score (nSPS) is 21.0. The molecule has 4 heteroatoms. The van der Waals surface area contributed by atoms with Crippen molar-refractivity contribution in [1.82, 2.24) is 0 Å². The highest BCUT2D eigenvalue weighted by atomic mass is 16.5. The van der Waals surface area contributed by atoms with Crippen molar-refractivity contribution >= 4 is 11.8 Å². The molecular weight excluding hydrogens is 334 g/mol. The fourth-order valence-corrected chi connectivity index (χ4v) is 3.90. The van der Waals surface area contributed by atoms with Crippen LogP contribution in [0.1, 0.15) is 43.4 Å². The Morgan fingerprint density at radius 1 is 1.44 bits per heavy atom. The van der Waals surface area contributed by atoms with Crippen molar-refractivity contribution in [2.45, 2.75) is 45.6 Å².